The van der Waals surface area contributed by atoms with Gasteiger partial charge in [0.1, 0.15) is 11.2 Å². The van der Waals surface area contributed by atoms with Gasteiger partial charge in [0.05, 0.1) is 10.8 Å². The largest absolute Gasteiger partial charge is 0.456 e. The van der Waals surface area contributed by atoms with E-state index in [0.717, 1.165) is 5.56 Å². The number of aryl methyl sites for hydroxylation is 1. The first-order chi connectivity index (χ1) is 7.75. The molecule has 0 aliphatic heterocycles. The van der Waals surface area contributed by atoms with E-state index in [2.05, 4.69) is 0 Å². The van der Waals surface area contributed by atoms with Gasteiger partial charge in [-0.15, -0.1) is 0 Å². The molecule has 1 heterocycles. The first-order valence-corrected chi connectivity index (χ1v) is 5.18. The van der Waals surface area contributed by atoms with Gasteiger partial charge in [0.25, 0.3) is 0 Å². The molecule has 78 valence electrons. The number of benzene rings is 2. The van der Waals surface area contributed by atoms with Gasteiger partial charge in [-0.1, -0.05) is 18.2 Å². The highest BCUT2D eigenvalue weighted by Crippen LogP contribution is 2.18. The van der Waals surface area contributed by atoms with Gasteiger partial charge in [-0.3, -0.25) is 4.79 Å². The van der Waals surface area contributed by atoms with Gasteiger partial charge in [0.2, 0.25) is 5.43 Å². The van der Waals surface area contributed by atoms with Crippen molar-refractivity contribution in [3.05, 3.63) is 58.3 Å². The summed E-state index contributed by atoms with van der Waals surface area (Å²) < 4.78 is 5.71. The maximum absolute atomic E-state index is 12.1. The molecule has 1 aromatic heterocycles. The Hall–Kier alpha value is -2.09. The third-order valence-electron chi connectivity index (χ3n) is 2.73. The van der Waals surface area contributed by atoms with Crippen molar-refractivity contribution in [1.82, 2.24) is 0 Å². The minimum absolute atomic E-state index is 0.0388. The van der Waals surface area contributed by atoms with Crippen LogP contribution in [0.25, 0.3) is 21.9 Å². The molecule has 0 aliphatic rings. The van der Waals surface area contributed by atoms with Gasteiger partial charge in [-0.05, 0) is 36.8 Å². The van der Waals surface area contributed by atoms with Crippen LogP contribution in [-0.4, -0.2) is 0 Å². The summed E-state index contributed by atoms with van der Waals surface area (Å²) in [5.41, 5.74) is 2.43. The molecular formula is C14H10O2. The summed E-state index contributed by atoms with van der Waals surface area (Å²) in [6, 6.07) is 13.0. The number of hydrogen-bond donors (Lipinski definition) is 0. The van der Waals surface area contributed by atoms with Crippen LogP contribution >= 0.6 is 0 Å². The highest BCUT2D eigenvalue weighted by molar-refractivity contribution is 5.89. The van der Waals surface area contributed by atoms with Crippen LogP contribution in [0.2, 0.25) is 0 Å². The summed E-state index contributed by atoms with van der Waals surface area (Å²) in [6.07, 6.45) is 0. The predicted molar refractivity (Wildman–Crippen MR) is 64.7 cm³/mol. The molecule has 0 saturated carbocycles. The maximum atomic E-state index is 12.1. The zero-order valence-corrected chi connectivity index (χ0v) is 8.86. The fourth-order valence-electron chi connectivity index (χ4n) is 1.91. The molecule has 0 bridgehead atoms. The van der Waals surface area contributed by atoms with Crippen molar-refractivity contribution in [2.45, 2.75) is 6.92 Å². The van der Waals surface area contributed by atoms with Crippen LogP contribution in [-0.2, 0) is 0 Å². The fraction of sp³-hybridized carbons (Fsp3) is 0.0714. The highest BCUT2D eigenvalue weighted by Gasteiger charge is 2.06. The van der Waals surface area contributed by atoms with Crippen molar-refractivity contribution in [3.8, 4) is 0 Å². The molecule has 0 saturated heterocycles. The first kappa shape index (κ1) is 9.16. The zero-order chi connectivity index (χ0) is 11.1. The monoisotopic (exact) mass is 210 g/mol. The number of rotatable bonds is 0. The summed E-state index contributed by atoms with van der Waals surface area (Å²) >= 11 is 0. The Morgan fingerprint density at radius 3 is 2.56 bits per heavy atom. The van der Waals surface area contributed by atoms with Crippen molar-refractivity contribution in [2.75, 3.05) is 0 Å². The fourth-order valence-corrected chi connectivity index (χ4v) is 1.91. The molecule has 0 unspecified atom stereocenters. The van der Waals surface area contributed by atoms with E-state index in [0.29, 0.717) is 21.9 Å². The zero-order valence-electron chi connectivity index (χ0n) is 8.86. The summed E-state index contributed by atoms with van der Waals surface area (Å²) in [7, 11) is 0. The molecule has 0 aliphatic carbocycles. The summed E-state index contributed by atoms with van der Waals surface area (Å²) in [5, 5.41) is 1.28. The lowest BCUT2D eigenvalue weighted by Crippen LogP contribution is -2.01. The van der Waals surface area contributed by atoms with Gasteiger partial charge in [-0.2, -0.15) is 0 Å². The minimum Gasteiger partial charge on any atom is -0.456 e. The normalized spacial score (nSPS) is 11.1. The lowest BCUT2D eigenvalue weighted by molar-refractivity contribution is 0.659. The van der Waals surface area contributed by atoms with E-state index >= 15 is 0 Å². The number of hydrogen-bond acceptors (Lipinski definition) is 2. The van der Waals surface area contributed by atoms with Gasteiger partial charge < -0.3 is 4.42 Å². The summed E-state index contributed by atoms with van der Waals surface area (Å²) in [5.74, 6) is 0. The summed E-state index contributed by atoms with van der Waals surface area (Å²) in [4.78, 5) is 12.1. The average molecular weight is 210 g/mol. The second-order valence-corrected chi connectivity index (χ2v) is 3.93. The van der Waals surface area contributed by atoms with E-state index < -0.39 is 0 Å². The quantitative estimate of drug-likeness (QED) is 0.533. The minimum atomic E-state index is 0.0388. The first-order valence-electron chi connectivity index (χ1n) is 5.18. The van der Waals surface area contributed by atoms with Gasteiger partial charge in [0, 0.05) is 0 Å². The second-order valence-electron chi connectivity index (χ2n) is 3.93. The van der Waals surface area contributed by atoms with Crippen LogP contribution in [0.5, 0.6) is 0 Å². The summed E-state index contributed by atoms with van der Waals surface area (Å²) in [6.45, 7) is 1.98. The van der Waals surface area contributed by atoms with E-state index in [9.17, 15) is 4.79 Å². The number of para-hydroxylation sites is 1. The van der Waals surface area contributed by atoms with Crippen molar-refractivity contribution in [2.24, 2.45) is 0 Å². The van der Waals surface area contributed by atoms with Crippen LogP contribution in [0, 0.1) is 6.92 Å². The third-order valence-corrected chi connectivity index (χ3v) is 2.73. The topological polar surface area (TPSA) is 30.2 Å². The second kappa shape index (κ2) is 3.20. The Morgan fingerprint density at radius 2 is 1.69 bits per heavy atom. The Bertz CT molecular complexity index is 738. The smallest absolute Gasteiger partial charge is 0.200 e. The van der Waals surface area contributed by atoms with Crippen molar-refractivity contribution in [3.63, 3.8) is 0 Å². The molecule has 0 N–H and O–H groups in total. The molecule has 0 fully saturated rings. The van der Waals surface area contributed by atoms with E-state index in [-0.39, 0.29) is 5.43 Å². The van der Waals surface area contributed by atoms with Crippen LogP contribution in [0.4, 0.5) is 0 Å². The molecule has 16 heavy (non-hydrogen) atoms. The van der Waals surface area contributed by atoms with Gasteiger partial charge in [-0.25, -0.2) is 0 Å². The Balaban J connectivity index is 2.61. The lowest BCUT2D eigenvalue weighted by atomic mass is 10.1. The maximum Gasteiger partial charge on any atom is 0.200 e. The highest BCUT2D eigenvalue weighted by atomic mass is 16.3. The molecule has 2 heteroatoms. The molecule has 0 amide bonds. The SMILES string of the molecule is Cc1ccc2c(=O)c3ccccc3oc2c1. The van der Waals surface area contributed by atoms with Gasteiger partial charge in [0.15, 0.2) is 0 Å². The van der Waals surface area contributed by atoms with Crippen molar-refractivity contribution >= 4 is 21.9 Å². The molecule has 2 aromatic carbocycles. The average Bonchev–Trinajstić information content (AvgIpc) is 2.29. The van der Waals surface area contributed by atoms with Crippen LogP contribution in [0.1, 0.15) is 5.56 Å². The van der Waals surface area contributed by atoms with Crippen LogP contribution in [0.15, 0.2) is 51.7 Å². The molecule has 0 spiro atoms. The van der Waals surface area contributed by atoms with E-state index in [1.807, 2.05) is 43.3 Å². The molecule has 0 atom stereocenters. The van der Waals surface area contributed by atoms with Crippen LogP contribution in [0.3, 0.4) is 0 Å². The molecular weight excluding hydrogens is 200 g/mol. The Kier molecular flexibility index (Phi) is 1.83. The van der Waals surface area contributed by atoms with Crippen LogP contribution < -0.4 is 5.43 Å². The predicted octanol–water partition coefficient (Wildman–Crippen LogP) is 3.25. The third kappa shape index (κ3) is 1.23. The molecule has 3 rings (SSSR count). The van der Waals surface area contributed by atoms with E-state index in [1.165, 1.54) is 0 Å². The molecule has 0 radical (unpaired) electrons. The van der Waals surface area contributed by atoms with Crippen molar-refractivity contribution < 1.29 is 4.42 Å². The van der Waals surface area contributed by atoms with Gasteiger partial charge >= 0.3 is 0 Å². The van der Waals surface area contributed by atoms with E-state index in [4.69, 9.17) is 4.42 Å². The molecule has 2 nitrogen and oxygen atoms in total. The lowest BCUT2D eigenvalue weighted by Gasteiger charge is -2.01. The van der Waals surface area contributed by atoms with E-state index in [1.54, 1.807) is 6.07 Å². The Morgan fingerprint density at radius 1 is 0.938 bits per heavy atom. The Labute approximate surface area is 92.1 Å². The molecule has 3 aromatic rings. The standard InChI is InChI=1S/C14H10O2/c1-9-6-7-11-13(8-9)16-12-5-3-2-4-10(12)14(11)15/h2-8H,1H3. The number of fused-ring (bicyclic) bond motifs is 2. The van der Waals surface area contributed by atoms with Crippen molar-refractivity contribution in [1.29, 1.82) is 0 Å².